The van der Waals surface area contributed by atoms with Gasteiger partial charge in [-0.05, 0) is 30.9 Å². The molecule has 0 aliphatic rings. The zero-order valence-electron chi connectivity index (χ0n) is 15.0. The van der Waals surface area contributed by atoms with Gasteiger partial charge in [0.2, 0.25) is 0 Å². The molecule has 1 aromatic rings. The lowest BCUT2D eigenvalue weighted by atomic mass is 10.1. The van der Waals surface area contributed by atoms with Crippen molar-refractivity contribution in [2.24, 2.45) is 5.92 Å². The maximum absolute atomic E-state index is 11.7. The Labute approximate surface area is 148 Å². The number of urea groups is 1. The molecule has 0 unspecified atom stereocenters. The first kappa shape index (κ1) is 20.5. The number of rotatable bonds is 9. The number of nitrogens with one attached hydrogen (secondary N) is 2. The van der Waals surface area contributed by atoms with E-state index in [1.54, 1.807) is 0 Å². The average molecular weight is 350 g/mol. The Morgan fingerprint density at radius 2 is 1.88 bits per heavy atom. The van der Waals surface area contributed by atoms with Crippen LogP contribution in [0.4, 0.5) is 4.79 Å². The van der Waals surface area contributed by atoms with Crippen LogP contribution in [-0.2, 0) is 20.7 Å². The molecular weight excluding hydrogens is 324 g/mol. The van der Waals surface area contributed by atoms with E-state index >= 15 is 0 Å². The molecule has 2 N–H and O–H groups in total. The van der Waals surface area contributed by atoms with Crippen molar-refractivity contribution in [2.45, 2.75) is 33.6 Å². The van der Waals surface area contributed by atoms with Gasteiger partial charge in [0.05, 0.1) is 6.61 Å². The monoisotopic (exact) mass is 350 g/mol. The van der Waals surface area contributed by atoms with Crippen molar-refractivity contribution in [3.63, 3.8) is 0 Å². The Hall–Kier alpha value is -2.57. The summed E-state index contributed by atoms with van der Waals surface area (Å²) in [5.74, 6) is -0.163. The van der Waals surface area contributed by atoms with Gasteiger partial charge in [-0.25, -0.2) is 4.79 Å². The van der Waals surface area contributed by atoms with E-state index in [-0.39, 0.29) is 12.3 Å². The van der Waals surface area contributed by atoms with Crippen molar-refractivity contribution in [2.75, 3.05) is 19.8 Å². The number of esters is 1. The van der Waals surface area contributed by atoms with E-state index in [2.05, 4.69) is 10.6 Å². The van der Waals surface area contributed by atoms with Crippen LogP contribution in [0.1, 0.15) is 32.8 Å². The maximum atomic E-state index is 11.7. The second kappa shape index (κ2) is 11.1. The fourth-order valence-corrected chi connectivity index (χ4v) is 1.97. The standard InChI is InChI=1S/C18H26N2O5/c1-4-24-15-8-6-5-7-14(15)9-10-17(22)25-12-16(21)20-18(23)19-11-13(2)3/h5-8,13H,4,9-12H2,1-3H3,(H2,19,20,21,23). The molecule has 0 atom stereocenters. The number of amides is 3. The molecule has 0 bridgehead atoms. The first-order chi connectivity index (χ1) is 11.9. The van der Waals surface area contributed by atoms with E-state index in [4.69, 9.17) is 9.47 Å². The molecule has 138 valence electrons. The Bertz CT molecular complexity index is 587. The minimum Gasteiger partial charge on any atom is -0.494 e. The molecule has 0 radical (unpaired) electrons. The highest BCUT2D eigenvalue weighted by Gasteiger charge is 2.12. The van der Waals surface area contributed by atoms with Gasteiger partial charge >= 0.3 is 12.0 Å². The SMILES string of the molecule is CCOc1ccccc1CCC(=O)OCC(=O)NC(=O)NCC(C)C. The molecule has 0 saturated carbocycles. The van der Waals surface area contributed by atoms with Gasteiger partial charge in [-0.1, -0.05) is 32.0 Å². The van der Waals surface area contributed by atoms with E-state index in [0.29, 0.717) is 19.6 Å². The molecule has 3 amide bonds. The summed E-state index contributed by atoms with van der Waals surface area (Å²) in [4.78, 5) is 34.7. The van der Waals surface area contributed by atoms with Crippen LogP contribution in [0.15, 0.2) is 24.3 Å². The van der Waals surface area contributed by atoms with Gasteiger partial charge in [0.15, 0.2) is 6.61 Å². The van der Waals surface area contributed by atoms with Crippen LogP contribution in [0.3, 0.4) is 0 Å². The first-order valence-corrected chi connectivity index (χ1v) is 8.36. The predicted octanol–water partition coefficient (Wildman–Crippen LogP) is 2.04. The Kier molecular flexibility index (Phi) is 9.06. The van der Waals surface area contributed by atoms with Crippen LogP contribution in [0, 0.1) is 5.92 Å². The zero-order valence-corrected chi connectivity index (χ0v) is 15.0. The van der Waals surface area contributed by atoms with Crippen molar-refractivity contribution in [1.29, 1.82) is 0 Å². The number of benzene rings is 1. The molecule has 7 nitrogen and oxygen atoms in total. The molecule has 0 heterocycles. The lowest BCUT2D eigenvalue weighted by Crippen LogP contribution is -2.42. The average Bonchev–Trinajstić information content (AvgIpc) is 2.57. The third-order valence-electron chi connectivity index (χ3n) is 3.16. The van der Waals surface area contributed by atoms with Crippen molar-refractivity contribution >= 4 is 17.9 Å². The van der Waals surface area contributed by atoms with Gasteiger partial charge in [0.25, 0.3) is 5.91 Å². The smallest absolute Gasteiger partial charge is 0.321 e. The highest BCUT2D eigenvalue weighted by molar-refractivity contribution is 5.95. The summed E-state index contributed by atoms with van der Waals surface area (Å²) in [6.07, 6.45) is 0.572. The quantitative estimate of drug-likeness (QED) is 0.665. The predicted molar refractivity (Wildman–Crippen MR) is 93.3 cm³/mol. The second-order valence-electron chi connectivity index (χ2n) is 5.85. The van der Waals surface area contributed by atoms with Crippen LogP contribution in [-0.4, -0.2) is 37.7 Å². The molecule has 7 heteroatoms. The minimum absolute atomic E-state index is 0.122. The Balaban J connectivity index is 2.31. The van der Waals surface area contributed by atoms with E-state index < -0.39 is 24.5 Å². The van der Waals surface area contributed by atoms with Gasteiger partial charge in [-0.2, -0.15) is 0 Å². The number of carbonyl (C=O) groups excluding carboxylic acids is 3. The van der Waals surface area contributed by atoms with E-state index in [0.717, 1.165) is 11.3 Å². The third kappa shape index (κ3) is 8.74. The van der Waals surface area contributed by atoms with Crippen molar-refractivity contribution in [3.8, 4) is 5.75 Å². The number of imide groups is 1. The zero-order chi connectivity index (χ0) is 18.7. The molecule has 1 rings (SSSR count). The van der Waals surface area contributed by atoms with Gasteiger partial charge in [-0.15, -0.1) is 0 Å². The van der Waals surface area contributed by atoms with Crippen molar-refractivity contribution in [1.82, 2.24) is 10.6 Å². The maximum Gasteiger partial charge on any atom is 0.321 e. The highest BCUT2D eigenvalue weighted by Crippen LogP contribution is 2.19. The minimum atomic E-state index is -0.663. The normalized spacial score (nSPS) is 10.2. The molecule has 0 aliphatic carbocycles. The van der Waals surface area contributed by atoms with E-state index in [1.807, 2.05) is 45.0 Å². The lowest BCUT2D eigenvalue weighted by Gasteiger charge is -2.10. The number of aryl methyl sites for hydroxylation is 1. The fourth-order valence-electron chi connectivity index (χ4n) is 1.97. The molecule has 0 saturated heterocycles. The summed E-state index contributed by atoms with van der Waals surface area (Å²) in [6, 6.07) is 6.85. The molecular formula is C18H26N2O5. The van der Waals surface area contributed by atoms with Crippen LogP contribution >= 0.6 is 0 Å². The Morgan fingerprint density at radius 3 is 2.56 bits per heavy atom. The van der Waals surface area contributed by atoms with Crippen LogP contribution in [0.5, 0.6) is 5.75 Å². The van der Waals surface area contributed by atoms with Gasteiger partial charge in [-0.3, -0.25) is 14.9 Å². The molecule has 0 fully saturated rings. The topological polar surface area (TPSA) is 93.7 Å². The van der Waals surface area contributed by atoms with Gasteiger partial charge < -0.3 is 14.8 Å². The van der Waals surface area contributed by atoms with Gasteiger partial charge in [0.1, 0.15) is 5.75 Å². The number of ether oxygens (including phenoxy) is 2. The van der Waals surface area contributed by atoms with Gasteiger partial charge in [0, 0.05) is 13.0 Å². The number of carbonyl (C=O) groups is 3. The summed E-state index contributed by atoms with van der Waals surface area (Å²) < 4.78 is 10.4. The molecule has 1 aromatic carbocycles. The van der Waals surface area contributed by atoms with Crippen LogP contribution in [0.25, 0.3) is 0 Å². The third-order valence-corrected chi connectivity index (χ3v) is 3.16. The van der Waals surface area contributed by atoms with E-state index in [1.165, 1.54) is 0 Å². The van der Waals surface area contributed by atoms with Crippen molar-refractivity contribution < 1.29 is 23.9 Å². The number of hydrogen-bond acceptors (Lipinski definition) is 5. The lowest BCUT2D eigenvalue weighted by molar-refractivity contribution is -0.148. The number of para-hydroxylation sites is 1. The second-order valence-corrected chi connectivity index (χ2v) is 5.85. The molecule has 0 aromatic heterocycles. The molecule has 0 aliphatic heterocycles. The number of hydrogen-bond donors (Lipinski definition) is 2. The summed E-state index contributed by atoms with van der Waals surface area (Å²) in [7, 11) is 0. The Morgan fingerprint density at radius 1 is 1.16 bits per heavy atom. The summed E-state index contributed by atoms with van der Waals surface area (Å²) >= 11 is 0. The molecule has 0 spiro atoms. The summed E-state index contributed by atoms with van der Waals surface area (Å²) in [6.45, 7) is 6.28. The largest absolute Gasteiger partial charge is 0.494 e. The van der Waals surface area contributed by atoms with Crippen molar-refractivity contribution in [3.05, 3.63) is 29.8 Å². The first-order valence-electron chi connectivity index (χ1n) is 8.36. The summed E-state index contributed by atoms with van der Waals surface area (Å²) in [5.41, 5.74) is 0.902. The van der Waals surface area contributed by atoms with E-state index in [9.17, 15) is 14.4 Å². The van der Waals surface area contributed by atoms with Crippen LogP contribution in [0.2, 0.25) is 0 Å². The summed E-state index contributed by atoms with van der Waals surface area (Å²) in [5, 5.41) is 4.64. The highest BCUT2D eigenvalue weighted by atomic mass is 16.5. The molecule has 25 heavy (non-hydrogen) atoms. The van der Waals surface area contributed by atoms with Crippen LogP contribution < -0.4 is 15.4 Å². The fraction of sp³-hybridized carbons (Fsp3) is 0.500.